The first-order valence-corrected chi connectivity index (χ1v) is 8.63. The SMILES string of the molecule is Cc1ccc2nccc(N3CC[C@](O)(CN(C)C(=O)/C=C/C(=O)O)C3)c2n1. The topological polar surface area (TPSA) is 107 Å². The molecule has 1 aliphatic heterocycles. The third kappa shape index (κ3) is 4.22. The van der Waals surface area contributed by atoms with Crippen molar-refractivity contribution in [3.8, 4) is 0 Å². The zero-order valence-electron chi connectivity index (χ0n) is 15.3. The van der Waals surface area contributed by atoms with Crippen LogP contribution in [-0.4, -0.2) is 69.2 Å². The van der Waals surface area contributed by atoms with Crippen LogP contribution in [0.1, 0.15) is 12.1 Å². The Bertz CT molecular complexity index is 914. The summed E-state index contributed by atoms with van der Waals surface area (Å²) in [5.41, 5.74) is 2.29. The van der Waals surface area contributed by atoms with Crippen molar-refractivity contribution >= 4 is 28.6 Å². The number of carbonyl (C=O) groups is 2. The number of carboxylic acid groups (broad SMARTS) is 1. The summed E-state index contributed by atoms with van der Waals surface area (Å²) < 4.78 is 0. The van der Waals surface area contributed by atoms with E-state index in [-0.39, 0.29) is 6.54 Å². The summed E-state index contributed by atoms with van der Waals surface area (Å²) in [6, 6.07) is 5.71. The number of aliphatic carboxylic acids is 1. The number of carbonyl (C=O) groups excluding carboxylic acids is 1. The molecular formula is C19H22N4O4. The van der Waals surface area contributed by atoms with Crippen molar-refractivity contribution in [2.45, 2.75) is 18.9 Å². The molecule has 3 heterocycles. The van der Waals surface area contributed by atoms with Crippen molar-refractivity contribution in [1.82, 2.24) is 14.9 Å². The molecule has 8 heteroatoms. The van der Waals surface area contributed by atoms with Gasteiger partial charge in [0.2, 0.25) is 5.91 Å². The lowest BCUT2D eigenvalue weighted by Crippen LogP contribution is -2.45. The van der Waals surface area contributed by atoms with E-state index >= 15 is 0 Å². The van der Waals surface area contributed by atoms with Crippen LogP contribution in [0.5, 0.6) is 0 Å². The Labute approximate surface area is 156 Å². The lowest BCUT2D eigenvalue weighted by Gasteiger charge is -2.29. The number of anilines is 1. The summed E-state index contributed by atoms with van der Waals surface area (Å²) in [4.78, 5) is 34.8. The molecule has 8 nitrogen and oxygen atoms in total. The van der Waals surface area contributed by atoms with Crippen LogP contribution >= 0.6 is 0 Å². The minimum atomic E-state index is -1.19. The predicted octanol–water partition coefficient (Wildman–Crippen LogP) is 0.979. The monoisotopic (exact) mass is 370 g/mol. The highest BCUT2D eigenvalue weighted by atomic mass is 16.4. The van der Waals surface area contributed by atoms with Gasteiger partial charge in [-0.3, -0.25) is 9.78 Å². The number of carboxylic acids is 1. The number of likely N-dealkylation sites (N-methyl/N-ethyl adjacent to an activating group) is 1. The molecule has 1 fully saturated rings. The highest BCUT2D eigenvalue weighted by Crippen LogP contribution is 2.31. The average molecular weight is 370 g/mol. The van der Waals surface area contributed by atoms with E-state index in [1.807, 2.05) is 30.0 Å². The van der Waals surface area contributed by atoms with Crippen LogP contribution in [-0.2, 0) is 9.59 Å². The molecule has 1 saturated heterocycles. The number of aromatic nitrogens is 2. The number of β-amino-alcohol motifs (C(OH)–C–C–N with tert-alkyl or cyclic N) is 1. The molecule has 2 aromatic heterocycles. The maximum atomic E-state index is 12.0. The van der Waals surface area contributed by atoms with Gasteiger partial charge in [0.1, 0.15) is 11.1 Å². The summed E-state index contributed by atoms with van der Waals surface area (Å²) in [6.45, 7) is 3.00. The molecule has 1 amide bonds. The van der Waals surface area contributed by atoms with Crippen molar-refractivity contribution in [1.29, 1.82) is 0 Å². The first-order chi connectivity index (χ1) is 12.8. The molecule has 142 valence electrons. The van der Waals surface area contributed by atoms with Gasteiger partial charge in [-0.05, 0) is 31.5 Å². The number of rotatable bonds is 5. The molecule has 1 atom stereocenters. The van der Waals surface area contributed by atoms with Crippen molar-refractivity contribution in [3.05, 3.63) is 42.2 Å². The number of amides is 1. The van der Waals surface area contributed by atoms with Crippen LogP contribution in [0.2, 0.25) is 0 Å². The third-order valence-electron chi connectivity index (χ3n) is 4.65. The van der Waals surface area contributed by atoms with E-state index in [0.29, 0.717) is 19.5 Å². The second-order valence-corrected chi connectivity index (χ2v) is 6.91. The van der Waals surface area contributed by atoms with Crippen LogP contribution in [0.3, 0.4) is 0 Å². The normalized spacial score (nSPS) is 19.7. The highest BCUT2D eigenvalue weighted by Gasteiger charge is 2.38. The number of fused-ring (bicyclic) bond motifs is 1. The van der Waals surface area contributed by atoms with Crippen molar-refractivity contribution in [3.63, 3.8) is 0 Å². The second-order valence-electron chi connectivity index (χ2n) is 6.91. The Morgan fingerprint density at radius 1 is 1.33 bits per heavy atom. The van der Waals surface area contributed by atoms with E-state index in [2.05, 4.69) is 9.97 Å². The lowest BCUT2D eigenvalue weighted by atomic mass is 10.0. The van der Waals surface area contributed by atoms with Gasteiger partial charge in [-0.1, -0.05) is 0 Å². The smallest absolute Gasteiger partial charge is 0.328 e. The summed E-state index contributed by atoms with van der Waals surface area (Å²) in [5.74, 6) is -1.65. The van der Waals surface area contributed by atoms with Gasteiger partial charge in [0, 0.05) is 44.2 Å². The van der Waals surface area contributed by atoms with Gasteiger partial charge >= 0.3 is 5.97 Å². The van der Waals surface area contributed by atoms with Crippen LogP contribution in [0.15, 0.2) is 36.5 Å². The average Bonchev–Trinajstić information content (AvgIpc) is 3.00. The number of pyridine rings is 2. The van der Waals surface area contributed by atoms with Crippen LogP contribution in [0, 0.1) is 6.92 Å². The van der Waals surface area contributed by atoms with E-state index in [0.717, 1.165) is 34.6 Å². The quantitative estimate of drug-likeness (QED) is 0.756. The standard InChI is InChI=1S/C19H22N4O4/c1-13-3-4-14-18(21-13)15(7-9-20-14)23-10-8-19(27,12-23)11-22(2)16(24)5-6-17(25)26/h3-7,9,27H,8,10-12H2,1-2H3,(H,25,26)/b6-5+/t19-/m0/s1. The van der Waals surface area contributed by atoms with Gasteiger partial charge in [0.05, 0.1) is 17.7 Å². The Balaban J connectivity index is 1.75. The first kappa shape index (κ1) is 18.8. The molecule has 0 bridgehead atoms. The highest BCUT2D eigenvalue weighted by molar-refractivity contribution is 5.93. The van der Waals surface area contributed by atoms with Gasteiger partial charge in [-0.15, -0.1) is 0 Å². The molecule has 0 aromatic carbocycles. The van der Waals surface area contributed by atoms with Gasteiger partial charge in [-0.2, -0.15) is 0 Å². The van der Waals surface area contributed by atoms with Crippen molar-refractivity contribution in [2.75, 3.05) is 31.6 Å². The molecule has 3 rings (SSSR count). The Hall–Kier alpha value is -3.00. The fourth-order valence-corrected chi connectivity index (χ4v) is 3.34. The largest absolute Gasteiger partial charge is 0.478 e. The molecule has 0 aliphatic carbocycles. The van der Waals surface area contributed by atoms with E-state index in [9.17, 15) is 14.7 Å². The van der Waals surface area contributed by atoms with Gasteiger partial charge in [0.25, 0.3) is 0 Å². The Morgan fingerprint density at radius 2 is 2.11 bits per heavy atom. The lowest BCUT2D eigenvalue weighted by molar-refractivity contribution is -0.132. The first-order valence-electron chi connectivity index (χ1n) is 8.63. The minimum Gasteiger partial charge on any atom is -0.478 e. The summed E-state index contributed by atoms with van der Waals surface area (Å²) >= 11 is 0. The number of aliphatic hydroxyl groups is 1. The van der Waals surface area contributed by atoms with Gasteiger partial charge in [0.15, 0.2) is 0 Å². The fraction of sp³-hybridized carbons (Fsp3) is 0.368. The molecule has 0 spiro atoms. The zero-order chi connectivity index (χ0) is 19.6. The molecule has 0 radical (unpaired) electrons. The summed E-state index contributed by atoms with van der Waals surface area (Å²) in [7, 11) is 1.54. The van der Waals surface area contributed by atoms with Crippen LogP contribution < -0.4 is 4.90 Å². The van der Waals surface area contributed by atoms with E-state index in [1.54, 1.807) is 13.2 Å². The van der Waals surface area contributed by atoms with Gasteiger partial charge < -0.3 is 20.0 Å². The molecule has 27 heavy (non-hydrogen) atoms. The number of nitrogens with zero attached hydrogens (tertiary/aromatic N) is 4. The van der Waals surface area contributed by atoms with E-state index in [1.165, 1.54) is 4.90 Å². The van der Waals surface area contributed by atoms with E-state index < -0.39 is 17.5 Å². The Morgan fingerprint density at radius 3 is 2.85 bits per heavy atom. The third-order valence-corrected chi connectivity index (χ3v) is 4.65. The number of hydrogen-bond acceptors (Lipinski definition) is 6. The van der Waals surface area contributed by atoms with Crippen LogP contribution in [0.4, 0.5) is 5.69 Å². The molecule has 0 saturated carbocycles. The number of aryl methyl sites for hydroxylation is 1. The Kier molecular flexibility index (Phi) is 5.09. The van der Waals surface area contributed by atoms with Crippen molar-refractivity contribution in [2.24, 2.45) is 0 Å². The second kappa shape index (κ2) is 7.32. The van der Waals surface area contributed by atoms with Crippen molar-refractivity contribution < 1.29 is 19.8 Å². The molecule has 2 N–H and O–H groups in total. The minimum absolute atomic E-state index is 0.113. The maximum Gasteiger partial charge on any atom is 0.328 e. The predicted molar refractivity (Wildman–Crippen MR) is 100 cm³/mol. The molecule has 0 unspecified atom stereocenters. The molecule has 2 aromatic rings. The van der Waals surface area contributed by atoms with Crippen LogP contribution in [0.25, 0.3) is 11.0 Å². The van der Waals surface area contributed by atoms with Gasteiger partial charge in [-0.25, -0.2) is 9.78 Å². The molecular weight excluding hydrogens is 348 g/mol. The summed E-state index contributed by atoms with van der Waals surface area (Å²) in [5, 5.41) is 19.6. The molecule has 1 aliphatic rings. The van der Waals surface area contributed by atoms with E-state index in [4.69, 9.17) is 5.11 Å². The summed E-state index contributed by atoms with van der Waals surface area (Å²) in [6.07, 6.45) is 3.99. The maximum absolute atomic E-state index is 12.0. The number of hydrogen-bond donors (Lipinski definition) is 2. The fourth-order valence-electron chi connectivity index (χ4n) is 3.34. The zero-order valence-corrected chi connectivity index (χ0v) is 15.3.